The number of aryl methyl sites for hydroxylation is 1. The van der Waals surface area contributed by atoms with Crippen LogP contribution in [0.15, 0.2) is 12.1 Å². The van der Waals surface area contributed by atoms with Crippen LogP contribution in [-0.2, 0) is 11.3 Å². The zero-order valence-corrected chi connectivity index (χ0v) is 8.90. The highest BCUT2D eigenvalue weighted by Gasteiger charge is 2.22. The van der Waals surface area contributed by atoms with Gasteiger partial charge in [0.2, 0.25) is 18.6 Å². The number of hydrogen-bond donors (Lipinski definition) is 1. The predicted molar refractivity (Wildman–Crippen MR) is 59.1 cm³/mol. The number of carbonyl (C=O) groups excluding carboxylic acids is 1. The van der Waals surface area contributed by atoms with E-state index in [1.165, 1.54) is 0 Å². The lowest BCUT2D eigenvalue weighted by Gasteiger charge is -2.14. The molecule has 1 amide bonds. The van der Waals surface area contributed by atoms with Crippen LogP contribution < -0.4 is 14.8 Å². The van der Waals surface area contributed by atoms with Crippen molar-refractivity contribution in [2.75, 3.05) is 12.1 Å². The van der Waals surface area contributed by atoms with Gasteiger partial charge in [0.15, 0.2) is 11.5 Å². The molecule has 2 aromatic rings. The van der Waals surface area contributed by atoms with Crippen molar-refractivity contribution in [2.24, 2.45) is 0 Å². The number of benzene rings is 1. The molecule has 0 atom stereocenters. The van der Waals surface area contributed by atoms with Crippen molar-refractivity contribution in [2.45, 2.75) is 13.0 Å². The summed E-state index contributed by atoms with van der Waals surface area (Å²) in [5.41, 5.74) is 1.77. The topological polar surface area (TPSA) is 65.4 Å². The lowest BCUT2D eigenvalue weighted by Crippen LogP contribution is -2.23. The van der Waals surface area contributed by atoms with Gasteiger partial charge in [-0.15, -0.1) is 0 Å². The lowest BCUT2D eigenvalue weighted by atomic mass is 10.2. The second kappa shape index (κ2) is 2.91. The Labute approximate surface area is 96.1 Å². The summed E-state index contributed by atoms with van der Waals surface area (Å²) >= 11 is 0. The van der Waals surface area contributed by atoms with Crippen LogP contribution in [0.1, 0.15) is 6.42 Å². The summed E-state index contributed by atoms with van der Waals surface area (Å²) in [7, 11) is 0. The largest absolute Gasteiger partial charge is 0.454 e. The highest BCUT2D eigenvalue weighted by atomic mass is 16.7. The molecule has 0 aliphatic carbocycles. The molecule has 0 unspecified atom stereocenters. The van der Waals surface area contributed by atoms with E-state index < -0.39 is 0 Å². The number of hydrogen-bond acceptors (Lipinski definition) is 4. The maximum absolute atomic E-state index is 11.3. The van der Waals surface area contributed by atoms with Gasteiger partial charge in [0.1, 0.15) is 0 Å². The number of nitrogens with zero attached hydrogens (tertiary/aromatic N) is 2. The Hall–Kier alpha value is -2.24. The Morgan fingerprint density at radius 1 is 1.29 bits per heavy atom. The molecular formula is C11H9N3O3. The summed E-state index contributed by atoms with van der Waals surface area (Å²) in [6.07, 6.45) is 0.479. The van der Waals surface area contributed by atoms with Crippen molar-refractivity contribution >= 4 is 22.9 Å². The minimum atomic E-state index is 0.00727. The van der Waals surface area contributed by atoms with Crippen molar-refractivity contribution in [3.05, 3.63) is 12.1 Å². The Bertz CT molecular complexity index is 647. The van der Waals surface area contributed by atoms with E-state index in [2.05, 4.69) is 10.3 Å². The molecule has 2 aliphatic rings. The number of ether oxygens (including phenoxy) is 2. The average molecular weight is 231 g/mol. The molecule has 17 heavy (non-hydrogen) atoms. The van der Waals surface area contributed by atoms with Gasteiger partial charge >= 0.3 is 0 Å². The van der Waals surface area contributed by atoms with Crippen LogP contribution in [0.25, 0.3) is 11.0 Å². The zero-order chi connectivity index (χ0) is 11.4. The number of carbonyl (C=O) groups is 1. The number of amides is 1. The molecule has 6 heteroatoms. The predicted octanol–water partition coefficient (Wildman–Crippen LogP) is 1.11. The van der Waals surface area contributed by atoms with Crippen molar-refractivity contribution in [1.82, 2.24) is 9.55 Å². The fourth-order valence-electron chi connectivity index (χ4n) is 2.24. The SMILES string of the molecule is O=C1CCn2c(nc3cc4c(cc32)OCO4)N1. The van der Waals surface area contributed by atoms with E-state index in [1.807, 2.05) is 16.7 Å². The summed E-state index contributed by atoms with van der Waals surface area (Å²) in [6, 6.07) is 3.75. The van der Waals surface area contributed by atoms with Crippen LogP contribution >= 0.6 is 0 Å². The first kappa shape index (κ1) is 8.86. The fraction of sp³-hybridized carbons (Fsp3) is 0.273. The van der Waals surface area contributed by atoms with Gasteiger partial charge in [-0.3, -0.25) is 10.1 Å². The molecule has 1 N–H and O–H groups in total. The smallest absolute Gasteiger partial charge is 0.231 e. The van der Waals surface area contributed by atoms with Crippen LogP contribution in [0.3, 0.4) is 0 Å². The van der Waals surface area contributed by atoms with Gasteiger partial charge < -0.3 is 14.0 Å². The third-order valence-corrected chi connectivity index (χ3v) is 3.06. The summed E-state index contributed by atoms with van der Waals surface area (Å²) < 4.78 is 12.6. The molecular weight excluding hydrogens is 222 g/mol. The summed E-state index contributed by atoms with van der Waals surface area (Å²) in [6.45, 7) is 0.906. The molecule has 4 rings (SSSR count). The monoisotopic (exact) mass is 231 g/mol. The second-order valence-electron chi connectivity index (χ2n) is 4.08. The van der Waals surface area contributed by atoms with E-state index in [4.69, 9.17) is 9.47 Å². The number of nitrogens with one attached hydrogen (secondary N) is 1. The van der Waals surface area contributed by atoms with Crippen LogP contribution in [0, 0.1) is 0 Å². The Balaban J connectivity index is 1.98. The average Bonchev–Trinajstić information content (AvgIpc) is 2.87. The third-order valence-electron chi connectivity index (χ3n) is 3.06. The molecule has 86 valence electrons. The number of imidazole rings is 1. The van der Waals surface area contributed by atoms with Crippen LogP contribution in [0.5, 0.6) is 11.5 Å². The Kier molecular flexibility index (Phi) is 1.52. The zero-order valence-electron chi connectivity index (χ0n) is 8.90. The first-order chi connectivity index (χ1) is 8.31. The molecule has 0 saturated heterocycles. The van der Waals surface area contributed by atoms with E-state index in [0.717, 1.165) is 16.8 Å². The summed E-state index contributed by atoms with van der Waals surface area (Å²) in [5.74, 6) is 2.05. The lowest BCUT2D eigenvalue weighted by molar-refractivity contribution is -0.116. The Morgan fingerprint density at radius 2 is 2.12 bits per heavy atom. The molecule has 0 radical (unpaired) electrons. The van der Waals surface area contributed by atoms with Gasteiger partial charge in [0.25, 0.3) is 0 Å². The molecule has 1 aromatic heterocycles. The number of anilines is 1. The molecule has 0 saturated carbocycles. The minimum absolute atomic E-state index is 0.00727. The number of aromatic nitrogens is 2. The fourth-order valence-corrected chi connectivity index (χ4v) is 2.24. The summed E-state index contributed by atoms with van der Waals surface area (Å²) in [5, 5.41) is 2.76. The first-order valence-electron chi connectivity index (χ1n) is 5.41. The van der Waals surface area contributed by atoms with Gasteiger partial charge in [-0.25, -0.2) is 4.98 Å². The molecule has 1 aromatic carbocycles. The van der Waals surface area contributed by atoms with Crippen molar-refractivity contribution < 1.29 is 14.3 Å². The van der Waals surface area contributed by atoms with Gasteiger partial charge in [0.05, 0.1) is 11.0 Å². The Morgan fingerprint density at radius 3 is 3.00 bits per heavy atom. The molecule has 2 aliphatic heterocycles. The minimum Gasteiger partial charge on any atom is -0.454 e. The second-order valence-corrected chi connectivity index (χ2v) is 4.08. The number of rotatable bonds is 0. The van der Waals surface area contributed by atoms with Gasteiger partial charge in [-0.1, -0.05) is 0 Å². The van der Waals surface area contributed by atoms with E-state index >= 15 is 0 Å². The highest BCUT2D eigenvalue weighted by Crippen LogP contribution is 2.37. The summed E-state index contributed by atoms with van der Waals surface area (Å²) in [4.78, 5) is 15.7. The van der Waals surface area contributed by atoms with E-state index in [0.29, 0.717) is 24.7 Å². The number of fused-ring (bicyclic) bond motifs is 4. The standard InChI is InChI=1S/C11H9N3O3/c15-10-1-2-14-7-4-9-8(16-5-17-9)3-6(7)12-11(14)13-10/h3-4H,1-2,5H2,(H,12,13,15). The quantitative estimate of drug-likeness (QED) is 0.737. The highest BCUT2D eigenvalue weighted by molar-refractivity contribution is 5.94. The van der Waals surface area contributed by atoms with Crippen molar-refractivity contribution in [1.29, 1.82) is 0 Å². The molecule has 0 fully saturated rings. The third kappa shape index (κ3) is 1.15. The van der Waals surface area contributed by atoms with Crippen LogP contribution in [-0.4, -0.2) is 22.3 Å². The van der Waals surface area contributed by atoms with Crippen LogP contribution in [0.4, 0.5) is 5.95 Å². The maximum Gasteiger partial charge on any atom is 0.231 e. The van der Waals surface area contributed by atoms with E-state index in [1.54, 1.807) is 0 Å². The molecule has 6 nitrogen and oxygen atoms in total. The van der Waals surface area contributed by atoms with Gasteiger partial charge in [-0.05, 0) is 0 Å². The van der Waals surface area contributed by atoms with E-state index in [-0.39, 0.29) is 12.7 Å². The van der Waals surface area contributed by atoms with Crippen molar-refractivity contribution in [3.8, 4) is 11.5 Å². The van der Waals surface area contributed by atoms with Gasteiger partial charge in [-0.2, -0.15) is 0 Å². The normalized spacial score (nSPS) is 17.1. The first-order valence-corrected chi connectivity index (χ1v) is 5.41. The van der Waals surface area contributed by atoms with E-state index in [9.17, 15) is 4.79 Å². The van der Waals surface area contributed by atoms with Crippen molar-refractivity contribution in [3.63, 3.8) is 0 Å². The maximum atomic E-state index is 11.3. The molecule has 0 spiro atoms. The van der Waals surface area contributed by atoms with Crippen LogP contribution in [0.2, 0.25) is 0 Å². The molecule has 0 bridgehead atoms. The van der Waals surface area contributed by atoms with Gasteiger partial charge in [0, 0.05) is 25.1 Å². The molecule has 3 heterocycles.